The molecule has 132 valence electrons. The van der Waals surface area contributed by atoms with Crippen LogP contribution < -0.4 is 5.32 Å². The number of nitrogens with one attached hydrogen (secondary N) is 2. The second kappa shape index (κ2) is 7.34. The number of hydrogen-bond acceptors (Lipinski definition) is 3. The van der Waals surface area contributed by atoms with Crippen LogP contribution in [0.1, 0.15) is 62.6 Å². The van der Waals surface area contributed by atoms with E-state index in [0.717, 1.165) is 11.1 Å². The number of aliphatic carboxylic acids is 1. The Bertz CT molecular complexity index is 836. The molecule has 1 amide bonds. The van der Waals surface area contributed by atoms with Crippen molar-refractivity contribution in [2.45, 2.75) is 40.2 Å². The Labute approximate surface area is 146 Å². The molecule has 0 aliphatic rings. The maximum absolute atomic E-state index is 12.7. The lowest BCUT2D eigenvalue weighted by atomic mass is 9.98. The molecule has 6 nitrogen and oxygen atoms in total. The standard InChI is InChI=1S/C19H22N2O4/c1-10-7-5-6-8-14(10)15(9-16(23)24)21-19(25)18-11(2)17(13(4)22)12(3)20-18/h5-8,15,20H,9H2,1-4H3,(H,21,25)(H,23,24). The minimum Gasteiger partial charge on any atom is -0.481 e. The maximum atomic E-state index is 12.7. The summed E-state index contributed by atoms with van der Waals surface area (Å²) in [6, 6.07) is 6.68. The van der Waals surface area contributed by atoms with Crippen LogP contribution in [0.2, 0.25) is 0 Å². The van der Waals surface area contributed by atoms with E-state index in [4.69, 9.17) is 0 Å². The van der Waals surface area contributed by atoms with Gasteiger partial charge in [-0.3, -0.25) is 14.4 Å². The van der Waals surface area contributed by atoms with E-state index in [9.17, 15) is 19.5 Å². The summed E-state index contributed by atoms with van der Waals surface area (Å²) in [4.78, 5) is 38.6. The number of amides is 1. The molecule has 1 unspecified atom stereocenters. The molecular weight excluding hydrogens is 320 g/mol. The minimum atomic E-state index is -1.00. The predicted octanol–water partition coefficient (Wildman–Crippen LogP) is 3.09. The minimum absolute atomic E-state index is 0.119. The van der Waals surface area contributed by atoms with Gasteiger partial charge in [0.2, 0.25) is 0 Å². The van der Waals surface area contributed by atoms with E-state index in [-0.39, 0.29) is 17.9 Å². The molecule has 0 fully saturated rings. The lowest BCUT2D eigenvalue weighted by molar-refractivity contribution is -0.137. The molecule has 0 radical (unpaired) electrons. The molecule has 1 heterocycles. The van der Waals surface area contributed by atoms with E-state index < -0.39 is 17.9 Å². The normalized spacial score (nSPS) is 11.8. The summed E-state index contributed by atoms with van der Waals surface area (Å²) in [6.45, 7) is 6.76. The highest BCUT2D eigenvalue weighted by molar-refractivity contribution is 6.02. The second-order valence-electron chi connectivity index (χ2n) is 6.16. The average Bonchev–Trinajstić information content (AvgIpc) is 2.81. The highest BCUT2D eigenvalue weighted by Crippen LogP contribution is 2.23. The van der Waals surface area contributed by atoms with Crippen LogP contribution in [-0.4, -0.2) is 27.8 Å². The number of H-pyrrole nitrogens is 1. The van der Waals surface area contributed by atoms with Crippen LogP contribution >= 0.6 is 0 Å². The first-order chi connectivity index (χ1) is 11.7. The fourth-order valence-corrected chi connectivity index (χ4v) is 3.13. The number of benzene rings is 1. The van der Waals surface area contributed by atoms with Gasteiger partial charge in [0.05, 0.1) is 12.5 Å². The molecule has 1 aromatic carbocycles. The van der Waals surface area contributed by atoms with Crippen LogP contribution in [0.25, 0.3) is 0 Å². The molecule has 0 spiro atoms. The fraction of sp³-hybridized carbons (Fsp3) is 0.316. The number of hydrogen-bond donors (Lipinski definition) is 3. The van der Waals surface area contributed by atoms with E-state index in [1.165, 1.54) is 6.92 Å². The van der Waals surface area contributed by atoms with Crippen molar-refractivity contribution in [2.24, 2.45) is 0 Å². The van der Waals surface area contributed by atoms with Crippen molar-refractivity contribution < 1.29 is 19.5 Å². The van der Waals surface area contributed by atoms with Gasteiger partial charge >= 0.3 is 5.97 Å². The number of carboxylic acid groups (broad SMARTS) is 1. The van der Waals surface area contributed by atoms with Gasteiger partial charge in [-0.15, -0.1) is 0 Å². The zero-order valence-electron chi connectivity index (χ0n) is 14.8. The Morgan fingerprint density at radius 3 is 2.32 bits per heavy atom. The number of carbonyl (C=O) groups excluding carboxylic acids is 2. The Morgan fingerprint density at radius 2 is 1.80 bits per heavy atom. The van der Waals surface area contributed by atoms with Crippen LogP contribution in [0, 0.1) is 20.8 Å². The molecule has 2 aromatic rings. The number of Topliss-reactive ketones (excluding diaryl/α,β-unsaturated/α-hetero) is 1. The van der Waals surface area contributed by atoms with Gasteiger partial charge in [0.25, 0.3) is 5.91 Å². The molecule has 0 bridgehead atoms. The molecule has 3 N–H and O–H groups in total. The first kappa shape index (κ1) is 18.4. The number of rotatable bonds is 6. The zero-order valence-corrected chi connectivity index (χ0v) is 14.8. The van der Waals surface area contributed by atoms with Crippen molar-refractivity contribution in [1.29, 1.82) is 0 Å². The highest BCUT2D eigenvalue weighted by atomic mass is 16.4. The Balaban J connectivity index is 2.35. The highest BCUT2D eigenvalue weighted by Gasteiger charge is 2.24. The third-order valence-corrected chi connectivity index (χ3v) is 4.26. The van der Waals surface area contributed by atoms with Crippen molar-refractivity contribution in [3.8, 4) is 0 Å². The van der Waals surface area contributed by atoms with Crippen molar-refractivity contribution in [1.82, 2.24) is 10.3 Å². The number of ketones is 1. The first-order valence-corrected chi connectivity index (χ1v) is 8.00. The van der Waals surface area contributed by atoms with Crippen LogP contribution in [0.15, 0.2) is 24.3 Å². The zero-order chi connectivity index (χ0) is 18.7. The largest absolute Gasteiger partial charge is 0.481 e. The van der Waals surface area contributed by atoms with Gasteiger partial charge in [-0.2, -0.15) is 0 Å². The number of aromatic amines is 1. The molecular formula is C19H22N2O4. The SMILES string of the molecule is CC(=O)c1c(C)[nH]c(C(=O)NC(CC(=O)O)c2ccccc2C)c1C. The number of carboxylic acids is 1. The Kier molecular flexibility index (Phi) is 5.41. The topological polar surface area (TPSA) is 99.3 Å². The third-order valence-electron chi connectivity index (χ3n) is 4.26. The van der Waals surface area contributed by atoms with Gasteiger partial charge < -0.3 is 15.4 Å². The molecule has 1 aromatic heterocycles. The Morgan fingerprint density at radius 1 is 1.16 bits per heavy atom. The second-order valence-corrected chi connectivity index (χ2v) is 6.16. The monoisotopic (exact) mass is 342 g/mol. The summed E-state index contributed by atoms with van der Waals surface area (Å²) in [7, 11) is 0. The van der Waals surface area contributed by atoms with Gasteiger partial charge in [-0.05, 0) is 44.4 Å². The van der Waals surface area contributed by atoms with Crippen molar-refractivity contribution >= 4 is 17.7 Å². The summed E-state index contributed by atoms with van der Waals surface area (Å²) < 4.78 is 0. The van der Waals surface area contributed by atoms with E-state index in [1.807, 2.05) is 19.1 Å². The third kappa shape index (κ3) is 3.96. The van der Waals surface area contributed by atoms with E-state index in [0.29, 0.717) is 16.8 Å². The fourth-order valence-electron chi connectivity index (χ4n) is 3.13. The van der Waals surface area contributed by atoms with E-state index in [1.54, 1.807) is 26.0 Å². The van der Waals surface area contributed by atoms with Gasteiger partial charge in [-0.1, -0.05) is 24.3 Å². The molecule has 0 aliphatic carbocycles. The summed E-state index contributed by atoms with van der Waals surface area (Å²) in [5.74, 6) is -1.55. The van der Waals surface area contributed by atoms with E-state index in [2.05, 4.69) is 10.3 Å². The molecule has 6 heteroatoms. The average molecular weight is 342 g/mol. The maximum Gasteiger partial charge on any atom is 0.305 e. The Hall–Kier alpha value is -2.89. The van der Waals surface area contributed by atoms with Crippen molar-refractivity contribution in [2.75, 3.05) is 0 Å². The van der Waals surface area contributed by atoms with Gasteiger partial charge in [0.15, 0.2) is 5.78 Å². The van der Waals surface area contributed by atoms with Gasteiger partial charge in [-0.25, -0.2) is 0 Å². The van der Waals surface area contributed by atoms with Crippen molar-refractivity contribution in [3.05, 3.63) is 57.9 Å². The van der Waals surface area contributed by atoms with Crippen LogP contribution in [0.3, 0.4) is 0 Å². The molecule has 0 aliphatic heterocycles. The molecule has 0 saturated heterocycles. The lowest BCUT2D eigenvalue weighted by Gasteiger charge is -2.19. The van der Waals surface area contributed by atoms with Gasteiger partial charge in [0, 0.05) is 11.3 Å². The lowest BCUT2D eigenvalue weighted by Crippen LogP contribution is -2.31. The van der Waals surface area contributed by atoms with Crippen LogP contribution in [0.5, 0.6) is 0 Å². The van der Waals surface area contributed by atoms with Gasteiger partial charge in [0.1, 0.15) is 5.69 Å². The molecule has 0 saturated carbocycles. The number of aromatic nitrogens is 1. The first-order valence-electron chi connectivity index (χ1n) is 8.00. The quantitative estimate of drug-likeness (QED) is 0.702. The van der Waals surface area contributed by atoms with E-state index >= 15 is 0 Å². The number of aryl methyl sites for hydroxylation is 2. The molecule has 2 rings (SSSR count). The summed E-state index contributed by atoms with van der Waals surface area (Å²) >= 11 is 0. The summed E-state index contributed by atoms with van der Waals surface area (Å²) in [6.07, 6.45) is -0.227. The summed E-state index contributed by atoms with van der Waals surface area (Å²) in [5.41, 5.74) is 3.63. The smallest absolute Gasteiger partial charge is 0.305 e. The van der Waals surface area contributed by atoms with Crippen molar-refractivity contribution in [3.63, 3.8) is 0 Å². The predicted molar refractivity (Wildman–Crippen MR) is 93.9 cm³/mol. The number of carbonyl (C=O) groups is 3. The van der Waals surface area contributed by atoms with Crippen LogP contribution in [0.4, 0.5) is 0 Å². The molecule has 1 atom stereocenters. The molecule has 25 heavy (non-hydrogen) atoms. The van der Waals surface area contributed by atoms with Crippen LogP contribution in [-0.2, 0) is 4.79 Å². The summed E-state index contributed by atoms with van der Waals surface area (Å²) in [5, 5.41) is 12.0.